The van der Waals surface area contributed by atoms with Crippen LogP contribution in [0.15, 0.2) is 9.98 Å². The van der Waals surface area contributed by atoms with E-state index < -0.39 is 0 Å². The number of hydrogen-bond donors (Lipinski definition) is 0. The van der Waals surface area contributed by atoms with E-state index in [4.69, 9.17) is 0 Å². The summed E-state index contributed by atoms with van der Waals surface area (Å²) in [5, 5.41) is 0. The van der Waals surface area contributed by atoms with Crippen molar-refractivity contribution in [2.75, 3.05) is 6.54 Å². The van der Waals surface area contributed by atoms with Gasteiger partial charge in [-0.25, -0.2) is 0 Å². The molecule has 2 heteroatoms. The van der Waals surface area contributed by atoms with E-state index in [1.165, 1.54) is 31.4 Å². The van der Waals surface area contributed by atoms with Crippen LogP contribution in [0.3, 0.4) is 0 Å². The van der Waals surface area contributed by atoms with Gasteiger partial charge in [0, 0.05) is 12.3 Å². The Morgan fingerprint density at radius 2 is 1.78 bits per heavy atom. The zero-order valence-corrected chi connectivity index (χ0v) is 13.1. The first-order chi connectivity index (χ1) is 8.21. The number of hydrogen-bond acceptors (Lipinski definition) is 2. The quantitative estimate of drug-likeness (QED) is 0.603. The minimum atomic E-state index is 0.330. The predicted molar refractivity (Wildman–Crippen MR) is 82.0 cm³/mol. The van der Waals surface area contributed by atoms with Gasteiger partial charge in [0.1, 0.15) is 0 Å². The number of nitrogens with zero attached hydrogens (tertiary/aromatic N) is 2. The van der Waals surface area contributed by atoms with E-state index in [0.29, 0.717) is 16.9 Å². The maximum absolute atomic E-state index is 4.42. The first-order valence-electron chi connectivity index (χ1n) is 7.26. The van der Waals surface area contributed by atoms with Crippen molar-refractivity contribution in [3.05, 3.63) is 0 Å². The maximum atomic E-state index is 4.42. The molecule has 2 aliphatic heterocycles. The van der Waals surface area contributed by atoms with Gasteiger partial charge in [0.25, 0.3) is 0 Å². The molecule has 0 amide bonds. The van der Waals surface area contributed by atoms with Crippen LogP contribution in [-0.2, 0) is 0 Å². The van der Waals surface area contributed by atoms with Crippen molar-refractivity contribution in [1.29, 1.82) is 0 Å². The van der Waals surface area contributed by atoms with Crippen LogP contribution in [0, 0.1) is 10.8 Å². The highest BCUT2D eigenvalue weighted by atomic mass is 14.8. The van der Waals surface area contributed by atoms with Crippen molar-refractivity contribution in [3.8, 4) is 0 Å². The van der Waals surface area contributed by atoms with E-state index in [0.717, 1.165) is 6.54 Å². The summed E-state index contributed by atoms with van der Waals surface area (Å²) < 4.78 is 0. The Morgan fingerprint density at radius 3 is 2.00 bits per heavy atom. The lowest BCUT2D eigenvalue weighted by atomic mass is 9.86. The molecule has 0 bridgehead atoms. The van der Waals surface area contributed by atoms with Gasteiger partial charge in [-0.1, -0.05) is 41.5 Å². The van der Waals surface area contributed by atoms with E-state index in [1.807, 2.05) is 0 Å². The molecular weight excluding hydrogens is 220 g/mol. The summed E-state index contributed by atoms with van der Waals surface area (Å²) in [6.07, 6.45) is 6.98. The van der Waals surface area contributed by atoms with Gasteiger partial charge >= 0.3 is 0 Å². The van der Waals surface area contributed by atoms with Crippen molar-refractivity contribution in [1.82, 2.24) is 0 Å². The molecule has 0 fully saturated rings. The Labute approximate surface area is 113 Å². The Morgan fingerprint density at radius 1 is 1.11 bits per heavy atom. The van der Waals surface area contributed by atoms with E-state index in [1.54, 1.807) is 0 Å². The van der Waals surface area contributed by atoms with Crippen LogP contribution >= 0.6 is 0 Å². The van der Waals surface area contributed by atoms with Crippen molar-refractivity contribution < 1.29 is 0 Å². The highest BCUT2D eigenvalue weighted by Gasteiger charge is 2.24. The molecule has 1 atom stereocenters. The Kier molecular flexibility index (Phi) is 5.12. The van der Waals surface area contributed by atoms with Crippen LogP contribution in [-0.4, -0.2) is 24.5 Å². The second kappa shape index (κ2) is 5.99. The van der Waals surface area contributed by atoms with Crippen LogP contribution in [0.4, 0.5) is 0 Å². The van der Waals surface area contributed by atoms with E-state index in [-0.39, 0.29) is 0 Å². The molecule has 0 radical (unpaired) electrons. The molecular formula is C16H30N2. The van der Waals surface area contributed by atoms with E-state index in [2.05, 4.69) is 57.7 Å². The summed E-state index contributed by atoms with van der Waals surface area (Å²) in [7, 11) is 0. The van der Waals surface area contributed by atoms with Gasteiger partial charge in [-0.05, 0) is 42.7 Å². The third-order valence-corrected chi connectivity index (χ3v) is 3.59. The van der Waals surface area contributed by atoms with Gasteiger partial charge < -0.3 is 0 Å². The second-order valence-electron chi connectivity index (χ2n) is 7.47. The Hall–Kier alpha value is -0.660. The standard InChI is InChI=1S/2C8H15N/c2*1-8(2,3)7-5-4-6-9-7/h4-6H2,1-3H3;6-7H,4-5H2,1-3H3/t;7-/m.0/s1. The molecule has 104 valence electrons. The van der Waals surface area contributed by atoms with Crippen LogP contribution in [0.1, 0.15) is 67.2 Å². The molecule has 0 spiro atoms. The molecule has 0 unspecified atom stereocenters. The van der Waals surface area contributed by atoms with Gasteiger partial charge in [-0.2, -0.15) is 0 Å². The maximum Gasteiger partial charge on any atom is 0.0547 e. The van der Waals surface area contributed by atoms with Gasteiger partial charge in [0.2, 0.25) is 0 Å². The van der Waals surface area contributed by atoms with Crippen molar-refractivity contribution in [2.45, 2.75) is 73.3 Å². The summed E-state index contributed by atoms with van der Waals surface area (Å²) in [4.78, 5) is 8.81. The fraction of sp³-hybridized carbons (Fsp3) is 0.875. The summed E-state index contributed by atoms with van der Waals surface area (Å²) >= 11 is 0. The zero-order chi connectivity index (χ0) is 13.8. The summed E-state index contributed by atoms with van der Waals surface area (Å²) in [5.74, 6) is 0. The first-order valence-corrected chi connectivity index (χ1v) is 7.26. The predicted octanol–water partition coefficient (Wildman–Crippen LogP) is 4.53. The fourth-order valence-corrected chi connectivity index (χ4v) is 2.32. The molecule has 0 aromatic carbocycles. The third kappa shape index (κ3) is 4.91. The zero-order valence-electron chi connectivity index (χ0n) is 13.1. The minimum absolute atomic E-state index is 0.330. The molecule has 2 rings (SSSR count). The molecule has 0 N–H and O–H groups in total. The minimum Gasteiger partial charge on any atom is -0.294 e. The molecule has 18 heavy (non-hydrogen) atoms. The Bertz CT molecular complexity index is 313. The lowest BCUT2D eigenvalue weighted by Gasteiger charge is -2.23. The van der Waals surface area contributed by atoms with Gasteiger partial charge in [0.15, 0.2) is 0 Å². The largest absolute Gasteiger partial charge is 0.294 e. The van der Waals surface area contributed by atoms with Crippen LogP contribution in [0.5, 0.6) is 0 Å². The third-order valence-electron chi connectivity index (χ3n) is 3.59. The summed E-state index contributed by atoms with van der Waals surface area (Å²) in [6, 6.07) is 0.581. The van der Waals surface area contributed by atoms with Crippen molar-refractivity contribution in [2.24, 2.45) is 20.8 Å². The second-order valence-corrected chi connectivity index (χ2v) is 7.47. The Balaban J connectivity index is 0.000000180. The molecule has 2 heterocycles. The van der Waals surface area contributed by atoms with Gasteiger partial charge in [-0.15, -0.1) is 0 Å². The van der Waals surface area contributed by atoms with Gasteiger partial charge in [0.05, 0.1) is 6.04 Å². The number of aliphatic imine (C=N–C) groups is 2. The number of rotatable bonds is 0. The van der Waals surface area contributed by atoms with Crippen LogP contribution < -0.4 is 0 Å². The monoisotopic (exact) mass is 250 g/mol. The molecule has 0 aliphatic carbocycles. The SMILES string of the molecule is CC(C)(C)C1=NCCC1.CC(C)(C)[C@@H]1CCC=N1. The average molecular weight is 250 g/mol. The molecule has 2 nitrogen and oxygen atoms in total. The molecule has 2 aliphatic rings. The lowest BCUT2D eigenvalue weighted by Crippen LogP contribution is -2.21. The fourth-order valence-electron chi connectivity index (χ4n) is 2.32. The van der Waals surface area contributed by atoms with E-state index in [9.17, 15) is 0 Å². The summed E-state index contributed by atoms with van der Waals surface area (Å²) in [6.45, 7) is 14.5. The molecule has 0 aromatic rings. The highest BCUT2D eigenvalue weighted by molar-refractivity contribution is 5.90. The van der Waals surface area contributed by atoms with E-state index >= 15 is 0 Å². The molecule has 0 saturated carbocycles. The molecule has 0 aromatic heterocycles. The summed E-state index contributed by atoms with van der Waals surface area (Å²) in [5.41, 5.74) is 2.12. The van der Waals surface area contributed by atoms with Crippen molar-refractivity contribution in [3.63, 3.8) is 0 Å². The normalized spacial score (nSPS) is 23.7. The topological polar surface area (TPSA) is 24.7 Å². The van der Waals surface area contributed by atoms with Crippen LogP contribution in [0.2, 0.25) is 0 Å². The smallest absolute Gasteiger partial charge is 0.0547 e. The highest BCUT2D eigenvalue weighted by Crippen LogP contribution is 2.28. The lowest BCUT2D eigenvalue weighted by molar-refractivity contribution is 0.322. The van der Waals surface area contributed by atoms with Crippen molar-refractivity contribution >= 4 is 11.9 Å². The molecule has 0 saturated heterocycles. The van der Waals surface area contributed by atoms with Crippen LogP contribution in [0.25, 0.3) is 0 Å². The first kappa shape index (κ1) is 15.4. The van der Waals surface area contributed by atoms with Gasteiger partial charge in [-0.3, -0.25) is 9.98 Å². The average Bonchev–Trinajstić information content (AvgIpc) is 2.91.